The lowest BCUT2D eigenvalue weighted by Gasteiger charge is -2.17. The van der Waals surface area contributed by atoms with Crippen LogP contribution >= 0.6 is 0 Å². The summed E-state index contributed by atoms with van der Waals surface area (Å²) in [5.74, 6) is 0.926. The van der Waals surface area contributed by atoms with Gasteiger partial charge in [-0.3, -0.25) is 9.52 Å². The van der Waals surface area contributed by atoms with Crippen LogP contribution in [0.4, 0.5) is 11.4 Å². The van der Waals surface area contributed by atoms with Crippen LogP contribution in [0, 0.1) is 6.92 Å². The monoisotopic (exact) mass is 454 g/mol. The first-order valence-corrected chi connectivity index (χ1v) is 11.6. The summed E-state index contributed by atoms with van der Waals surface area (Å²) in [4.78, 5) is 12.7. The van der Waals surface area contributed by atoms with E-state index in [0.717, 1.165) is 5.56 Å². The quantitative estimate of drug-likeness (QED) is 0.493. The van der Waals surface area contributed by atoms with E-state index in [-0.39, 0.29) is 10.8 Å². The molecule has 0 saturated heterocycles. The summed E-state index contributed by atoms with van der Waals surface area (Å²) in [7, 11) is -2.16. The van der Waals surface area contributed by atoms with E-state index < -0.39 is 16.1 Å². The lowest BCUT2D eigenvalue weighted by atomic mass is 10.2. The topological polar surface area (TPSA) is 93.7 Å². The number of carbonyl (C=O) groups is 1. The van der Waals surface area contributed by atoms with E-state index in [1.807, 2.05) is 26.0 Å². The molecule has 0 aromatic heterocycles. The van der Waals surface area contributed by atoms with Gasteiger partial charge in [0.1, 0.15) is 11.5 Å². The number of benzene rings is 3. The molecule has 1 atom stereocenters. The number of aryl methyl sites for hydroxylation is 1. The highest BCUT2D eigenvalue weighted by Gasteiger charge is 2.19. The molecule has 0 fully saturated rings. The lowest BCUT2D eigenvalue weighted by molar-refractivity contribution is -0.122. The molecule has 0 bridgehead atoms. The van der Waals surface area contributed by atoms with Crippen molar-refractivity contribution in [2.75, 3.05) is 17.1 Å². The Labute approximate surface area is 188 Å². The Morgan fingerprint density at radius 3 is 2.00 bits per heavy atom. The van der Waals surface area contributed by atoms with Gasteiger partial charge in [-0.1, -0.05) is 24.6 Å². The van der Waals surface area contributed by atoms with Crippen molar-refractivity contribution in [3.05, 3.63) is 78.4 Å². The molecule has 1 amide bonds. The van der Waals surface area contributed by atoms with Crippen molar-refractivity contribution in [2.45, 2.75) is 31.3 Å². The van der Waals surface area contributed by atoms with Gasteiger partial charge < -0.3 is 14.8 Å². The summed E-state index contributed by atoms with van der Waals surface area (Å²) in [6, 6.07) is 20.0. The second kappa shape index (κ2) is 10.2. The molecule has 168 valence electrons. The van der Waals surface area contributed by atoms with Crippen LogP contribution in [0.25, 0.3) is 0 Å². The van der Waals surface area contributed by atoms with E-state index in [1.165, 1.54) is 12.1 Å². The normalized spacial score (nSPS) is 12.0. The third-order valence-electron chi connectivity index (χ3n) is 4.74. The largest absolute Gasteiger partial charge is 0.497 e. The zero-order chi connectivity index (χ0) is 23.1. The average Bonchev–Trinajstić information content (AvgIpc) is 2.79. The molecule has 3 aromatic rings. The number of hydrogen-bond donors (Lipinski definition) is 2. The van der Waals surface area contributed by atoms with Crippen LogP contribution in [0.1, 0.15) is 18.9 Å². The van der Waals surface area contributed by atoms with Crippen molar-refractivity contribution in [3.63, 3.8) is 0 Å². The third-order valence-corrected chi connectivity index (χ3v) is 6.13. The number of amides is 1. The summed E-state index contributed by atoms with van der Waals surface area (Å²) in [6.45, 7) is 3.77. The van der Waals surface area contributed by atoms with E-state index in [1.54, 1.807) is 55.6 Å². The first-order chi connectivity index (χ1) is 15.3. The van der Waals surface area contributed by atoms with Crippen LogP contribution < -0.4 is 19.5 Å². The Balaban J connectivity index is 1.64. The molecule has 0 unspecified atom stereocenters. The number of ether oxygens (including phenoxy) is 2. The number of hydrogen-bond acceptors (Lipinski definition) is 5. The summed E-state index contributed by atoms with van der Waals surface area (Å²) >= 11 is 0. The Kier molecular flexibility index (Phi) is 7.37. The lowest BCUT2D eigenvalue weighted by Crippen LogP contribution is -2.32. The summed E-state index contributed by atoms with van der Waals surface area (Å²) in [6.07, 6.45) is -0.236. The van der Waals surface area contributed by atoms with Gasteiger partial charge >= 0.3 is 0 Å². The average molecular weight is 455 g/mol. The molecule has 32 heavy (non-hydrogen) atoms. The maximum absolute atomic E-state index is 12.6. The molecular weight excluding hydrogens is 428 g/mol. The molecular formula is C24H26N2O5S. The maximum atomic E-state index is 12.6. The van der Waals surface area contributed by atoms with Gasteiger partial charge in [0, 0.05) is 11.4 Å². The van der Waals surface area contributed by atoms with Gasteiger partial charge in [-0.25, -0.2) is 8.42 Å². The van der Waals surface area contributed by atoms with Crippen molar-refractivity contribution >= 4 is 27.3 Å². The zero-order valence-corrected chi connectivity index (χ0v) is 19.0. The van der Waals surface area contributed by atoms with E-state index in [4.69, 9.17) is 9.47 Å². The maximum Gasteiger partial charge on any atom is 0.265 e. The number of rotatable bonds is 9. The van der Waals surface area contributed by atoms with Crippen LogP contribution in [-0.4, -0.2) is 27.5 Å². The van der Waals surface area contributed by atoms with Crippen LogP contribution in [0.2, 0.25) is 0 Å². The molecule has 2 N–H and O–H groups in total. The molecule has 0 aliphatic carbocycles. The highest BCUT2D eigenvalue weighted by atomic mass is 32.2. The van der Waals surface area contributed by atoms with E-state index in [2.05, 4.69) is 10.0 Å². The number of nitrogens with one attached hydrogen (secondary N) is 2. The molecule has 0 aliphatic heterocycles. The van der Waals surface area contributed by atoms with Gasteiger partial charge in [-0.05, 0) is 74.0 Å². The molecule has 0 spiro atoms. The summed E-state index contributed by atoms with van der Waals surface area (Å²) < 4.78 is 38.6. The number of sulfonamides is 1. The number of carbonyl (C=O) groups excluding carboxylic acids is 1. The third kappa shape index (κ3) is 6.01. The summed E-state index contributed by atoms with van der Waals surface area (Å²) in [5, 5.41) is 2.77. The van der Waals surface area contributed by atoms with Crippen LogP contribution in [0.5, 0.6) is 11.5 Å². The fourth-order valence-corrected chi connectivity index (χ4v) is 3.98. The van der Waals surface area contributed by atoms with Gasteiger partial charge in [0.2, 0.25) is 0 Å². The van der Waals surface area contributed by atoms with Gasteiger partial charge in [0.15, 0.2) is 6.10 Å². The zero-order valence-electron chi connectivity index (χ0n) is 18.2. The van der Waals surface area contributed by atoms with Crippen LogP contribution in [0.3, 0.4) is 0 Å². The van der Waals surface area contributed by atoms with Gasteiger partial charge in [-0.2, -0.15) is 0 Å². The minimum Gasteiger partial charge on any atom is -0.497 e. The van der Waals surface area contributed by atoms with Crippen LogP contribution in [-0.2, 0) is 14.8 Å². The Morgan fingerprint density at radius 1 is 0.875 bits per heavy atom. The number of methoxy groups -OCH3 is 1. The number of anilines is 2. The van der Waals surface area contributed by atoms with Crippen LogP contribution in [0.15, 0.2) is 77.7 Å². The fraction of sp³-hybridized carbons (Fsp3) is 0.208. The predicted molar refractivity (Wildman–Crippen MR) is 125 cm³/mol. The Morgan fingerprint density at radius 2 is 1.44 bits per heavy atom. The molecule has 7 nitrogen and oxygen atoms in total. The van der Waals surface area contributed by atoms with Gasteiger partial charge in [0.25, 0.3) is 15.9 Å². The van der Waals surface area contributed by atoms with Crippen molar-refractivity contribution in [2.24, 2.45) is 0 Å². The Hall–Kier alpha value is -3.52. The first-order valence-electron chi connectivity index (χ1n) is 10.1. The molecule has 0 saturated carbocycles. The predicted octanol–water partition coefficient (Wildman–Crippen LogP) is 4.60. The SMILES string of the molecule is CC[C@@H](Oc1ccc(OC)cc1)C(=O)Nc1ccc(S(=O)(=O)Nc2ccc(C)cc2)cc1. The van der Waals surface area contributed by atoms with Gasteiger partial charge in [-0.15, -0.1) is 0 Å². The highest BCUT2D eigenvalue weighted by molar-refractivity contribution is 7.92. The van der Waals surface area contributed by atoms with Crippen molar-refractivity contribution in [1.82, 2.24) is 0 Å². The molecule has 8 heteroatoms. The van der Waals surface area contributed by atoms with Crippen molar-refractivity contribution < 1.29 is 22.7 Å². The van der Waals surface area contributed by atoms with Crippen molar-refractivity contribution in [3.8, 4) is 11.5 Å². The van der Waals surface area contributed by atoms with E-state index in [9.17, 15) is 13.2 Å². The van der Waals surface area contributed by atoms with E-state index >= 15 is 0 Å². The standard InChI is InChI=1S/C24H26N2O5S/c1-4-23(31-21-13-11-20(30-3)12-14-21)24(27)25-18-9-15-22(16-10-18)32(28,29)26-19-7-5-17(2)6-8-19/h5-16,23,26H,4H2,1-3H3,(H,25,27)/t23-/m1/s1. The molecule has 0 aliphatic rings. The van der Waals surface area contributed by atoms with Gasteiger partial charge in [0.05, 0.1) is 12.0 Å². The molecule has 3 rings (SSSR count). The van der Waals surface area contributed by atoms with E-state index in [0.29, 0.717) is 29.3 Å². The summed E-state index contributed by atoms with van der Waals surface area (Å²) in [5.41, 5.74) is 1.99. The molecule has 0 heterocycles. The molecule has 3 aromatic carbocycles. The fourth-order valence-electron chi connectivity index (χ4n) is 2.92. The highest BCUT2D eigenvalue weighted by Crippen LogP contribution is 2.21. The second-order valence-corrected chi connectivity index (χ2v) is 8.86. The van der Waals surface area contributed by atoms with Crippen molar-refractivity contribution in [1.29, 1.82) is 0 Å². The minimum atomic E-state index is -3.74. The Bertz CT molecular complexity index is 1140. The minimum absolute atomic E-state index is 0.0950. The second-order valence-electron chi connectivity index (χ2n) is 7.18. The smallest absolute Gasteiger partial charge is 0.265 e. The molecule has 0 radical (unpaired) electrons. The first kappa shape index (κ1) is 23.1.